The molecule has 18 heavy (non-hydrogen) atoms. The number of rotatable bonds is 5. The normalized spacial score (nSPS) is 10.5. The molecule has 0 unspecified atom stereocenters. The highest BCUT2D eigenvalue weighted by Crippen LogP contribution is 2.28. The maximum atomic E-state index is 10.4. The van der Waals surface area contributed by atoms with Gasteiger partial charge in [0.15, 0.2) is 0 Å². The topological polar surface area (TPSA) is 63.1 Å². The molecule has 2 heterocycles. The number of carboxylic acid groups (broad SMARTS) is 1. The molecule has 0 aliphatic heterocycles. The van der Waals surface area contributed by atoms with Crippen LogP contribution in [0.5, 0.6) is 0 Å². The molecule has 4 nitrogen and oxygen atoms in total. The van der Waals surface area contributed by atoms with Crippen LogP contribution in [0.15, 0.2) is 28.2 Å². The summed E-state index contributed by atoms with van der Waals surface area (Å²) in [7, 11) is 0. The lowest BCUT2D eigenvalue weighted by atomic mass is 10.2. The summed E-state index contributed by atoms with van der Waals surface area (Å²) in [6, 6.07) is 3.87. The molecule has 0 spiro atoms. The van der Waals surface area contributed by atoms with Crippen molar-refractivity contribution in [3.8, 4) is 10.6 Å². The summed E-state index contributed by atoms with van der Waals surface area (Å²) in [5, 5.41) is 10.6. The van der Waals surface area contributed by atoms with Gasteiger partial charge < -0.3 is 5.11 Å². The van der Waals surface area contributed by atoms with Crippen LogP contribution in [0.4, 0.5) is 0 Å². The van der Waals surface area contributed by atoms with E-state index in [0.717, 1.165) is 15.0 Å². The third-order valence-corrected chi connectivity index (χ3v) is 4.03. The van der Waals surface area contributed by atoms with E-state index < -0.39 is 5.97 Å². The molecule has 0 amide bonds. The molecule has 94 valence electrons. The van der Waals surface area contributed by atoms with E-state index in [0.29, 0.717) is 18.7 Å². The second-order valence-electron chi connectivity index (χ2n) is 3.73. The fourth-order valence-corrected chi connectivity index (χ4v) is 2.90. The van der Waals surface area contributed by atoms with Crippen molar-refractivity contribution in [3.05, 3.63) is 34.0 Å². The molecule has 2 rings (SSSR count). The molecule has 0 saturated carbocycles. The molecule has 0 radical (unpaired) electrons. The Bertz CT molecular complexity index is 557. The summed E-state index contributed by atoms with van der Waals surface area (Å²) in [5.74, 6) is -0.0911. The lowest BCUT2D eigenvalue weighted by Gasteiger charge is -2.01. The van der Waals surface area contributed by atoms with Crippen molar-refractivity contribution in [2.24, 2.45) is 0 Å². The zero-order chi connectivity index (χ0) is 13.0. The van der Waals surface area contributed by atoms with Gasteiger partial charge in [0.2, 0.25) is 0 Å². The summed E-state index contributed by atoms with van der Waals surface area (Å²) in [4.78, 5) is 20.1. The summed E-state index contributed by atoms with van der Waals surface area (Å²) in [5.41, 5.74) is 0.881. The SMILES string of the molecule is O=C(O)CCCc1nccc(-c2cc(Br)cs2)n1. The molecule has 6 heteroatoms. The predicted octanol–water partition coefficient (Wildman–Crippen LogP) is 3.37. The van der Waals surface area contributed by atoms with E-state index >= 15 is 0 Å². The molecule has 0 aliphatic carbocycles. The van der Waals surface area contributed by atoms with Gasteiger partial charge in [-0.3, -0.25) is 4.79 Å². The molecule has 0 fully saturated rings. The first kappa shape index (κ1) is 13.2. The summed E-state index contributed by atoms with van der Waals surface area (Å²) in [6.07, 6.45) is 3.02. The van der Waals surface area contributed by atoms with Crippen LogP contribution < -0.4 is 0 Å². The largest absolute Gasteiger partial charge is 0.481 e. The van der Waals surface area contributed by atoms with Gasteiger partial charge in [-0.2, -0.15) is 0 Å². The van der Waals surface area contributed by atoms with Gasteiger partial charge in [-0.05, 0) is 34.5 Å². The Kier molecular flexibility index (Phi) is 4.43. The molecular formula is C12H11BrN2O2S. The van der Waals surface area contributed by atoms with E-state index in [2.05, 4.69) is 25.9 Å². The highest BCUT2D eigenvalue weighted by molar-refractivity contribution is 9.10. The lowest BCUT2D eigenvalue weighted by Crippen LogP contribution is -1.99. The van der Waals surface area contributed by atoms with Crippen LogP contribution in [0.2, 0.25) is 0 Å². The lowest BCUT2D eigenvalue weighted by molar-refractivity contribution is -0.137. The van der Waals surface area contributed by atoms with Crippen molar-refractivity contribution < 1.29 is 9.90 Å². The molecule has 0 bridgehead atoms. The third-order valence-electron chi connectivity index (χ3n) is 2.32. The molecule has 0 aliphatic rings. The van der Waals surface area contributed by atoms with Gasteiger partial charge in [-0.1, -0.05) is 0 Å². The standard InChI is InChI=1S/C12H11BrN2O2S/c13-8-6-10(18-7-8)9-4-5-14-11(15-9)2-1-3-12(16)17/h4-7H,1-3H2,(H,16,17). The molecule has 1 N–H and O–H groups in total. The Hall–Kier alpha value is -1.27. The minimum Gasteiger partial charge on any atom is -0.481 e. The maximum absolute atomic E-state index is 10.4. The van der Waals surface area contributed by atoms with Crippen molar-refractivity contribution in [3.63, 3.8) is 0 Å². The number of carboxylic acids is 1. The number of aliphatic carboxylic acids is 1. The van der Waals surface area contributed by atoms with E-state index in [1.165, 1.54) is 0 Å². The van der Waals surface area contributed by atoms with Gasteiger partial charge in [-0.15, -0.1) is 11.3 Å². The van der Waals surface area contributed by atoms with E-state index in [1.54, 1.807) is 17.5 Å². The number of thiophene rings is 1. The number of aryl methyl sites for hydroxylation is 1. The van der Waals surface area contributed by atoms with Crippen LogP contribution >= 0.6 is 27.3 Å². The number of halogens is 1. The first-order chi connectivity index (χ1) is 8.65. The Morgan fingerprint density at radius 3 is 3.00 bits per heavy atom. The highest BCUT2D eigenvalue weighted by Gasteiger charge is 2.05. The minimum atomic E-state index is -0.784. The van der Waals surface area contributed by atoms with Crippen molar-refractivity contribution in [1.29, 1.82) is 0 Å². The van der Waals surface area contributed by atoms with E-state index in [9.17, 15) is 4.79 Å². The second-order valence-corrected chi connectivity index (χ2v) is 5.56. The number of aromatic nitrogens is 2. The van der Waals surface area contributed by atoms with Gasteiger partial charge in [0.05, 0.1) is 10.6 Å². The second kappa shape index (κ2) is 6.06. The van der Waals surface area contributed by atoms with E-state index in [4.69, 9.17) is 5.11 Å². The Balaban J connectivity index is 2.08. The predicted molar refractivity (Wildman–Crippen MR) is 73.6 cm³/mol. The van der Waals surface area contributed by atoms with Gasteiger partial charge in [0.1, 0.15) is 5.82 Å². The van der Waals surface area contributed by atoms with Gasteiger partial charge in [0.25, 0.3) is 0 Å². The van der Waals surface area contributed by atoms with Crippen LogP contribution in [0.3, 0.4) is 0 Å². The molecular weight excluding hydrogens is 316 g/mol. The molecule has 0 atom stereocenters. The van der Waals surface area contributed by atoms with E-state index in [1.807, 2.05) is 17.5 Å². The Labute approximate surface area is 117 Å². The number of nitrogens with zero attached hydrogens (tertiary/aromatic N) is 2. The molecule has 0 saturated heterocycles. The number of carbonyl (C=O) groups is 1. The smallest absolute Gasteiger partial charge is 0.303 e. The van der Waals surface area contributed by atoms with Gasteiger partial charge in [-0.25, -0.2) is 9.97 Å². The average Bonchev–Trinajstić information content (AvgIpc) is 2.76. The number of hydrogen-bond donors (Lipinski definition) is 1. The number of hydrogen-bond acceptors (Lipinski definition) is 4. The zero-order valence-electron chi connectivity index (χ0n) is 9.47. The fraction of sp³-hybridized carbons (Fsp3) is 0.250. The van der Waals surface area contributed by atoms with Crippen LogP contribution in [-0.2, 0) is 11.2 Å². The van der Waals surface area contributed by atoms with Crippen molar-refractivity contribution in [1.82, 2.24) is 9.97 Å². The van der Waals surface area contributed by atoms with Crippen LogP contribution in [0, 0.1) is 0 Å². The van der Waals surface area contributed by atoms with Crippen molar-refractivity contribution >= 4 is 33.2 Å². The van der Waals surface area contributed by atoms with Gasteiger partial charge in [0, 0.05) is 28.9 Å². The van der Waals surface area contributed by atoms with Crippen LogP contribution in [-0.4, -0.2) is 21.0 Å². The zero-order valence-corrected chi connectivity index (χ0v) is 11.9. The van der Waals surface area contributed by atoms with Gasteiger partial charge >= 0.3 is 5.97 Å². The quantitative estimate of drug-likeness (QED) is 0.914. The Morgan fingerprint density at radius 1 is 1.50 bits per heavy atom. The van der Waals surface area contributed by atoms with Crippen molar-refractivity contribution in [2.45, 2.75) is 19.3 Å². The minimum absolute atomic E-state index is 0.151. The summed E-state index contributed by atoms with van der Waals surface area (Å²) >= 11 is 5.02. The molecule has 2 aromatic heterocycles. The van der Waals surface area contributed by atoms with Crippen LogP contribution in [0.25, 0.3) is 10.6 Å². The van der Waals surface area contributed by atoms with Crippen LogP contribution in [0.1, 0.15) is 18.7 Å². The highest BCUT2D eigenvalue weighted by atomic mass is 79.9. The first-order valence-electron chi connectivity index (χ1n) is 5.43. The molecule has 2 aromatic rings. The monoisotopic (exact) mass is 326 g/mol. The third kappa shape index (κ3) is 3.61. The first-order valence-corrected chi connectivity index (χ1v) is 7.10. The maximum Gasteiger partial charge on any atom is 0.303 e. The average molecular weight is 327 g/mol. The fourth-order valence-electron chi connectivity index (χ4n) is 1.50. The van der Waals surface area contributed by atoms with E-state index in [-0.39, 0.29) is 6.42 Å². The Morgan fingerprint density at radius 2 is 2.33 bits per heavy atom. The van der Waals surface area contributed by atoms with Crippen molar-refractivity contribution in [2.75, 3.05) is 0 Å². The molecule has 0 aromatic carbocycles. The summed E-state index contributed by atoms with van der Waals surface area (Å²) in [6.45, 7) is 0. The summed E-state index contributed by atoms with van der Waals surface area (Å²) < 4.78 is 1.04.